The standard InChI is InChI=1S/C9H15NO/c1-6(2)8-9(7(3)4)11-5-10-8/h6H,5H2,1-4H3. The van der Waals surface area contributed by atoms with E-state index < -0.39 is 0 Å². The Hall–Kier alpha value is -0.790. The van der Waals surface area contributed by atoms with Gasteiger partial charge in [0.1, 0.15) is 5.76 Å². The van der Waals surface area contributed by atoms with Gasteiger partial charge >= 0.3 is 0 Å². The largest absolute Gasteiger partial charge is 0.469 e. The highest BCUT2D eigenvalue weighted by molar-refractivity contribution is 6.01. The van der Waals surface area contributed by atoms with E-state index in [1.165, 1.54) is 5.57 Å². The molecule has 1 aliphatic rings. The molecule has 0 atom stereocenters. The molecule has 0 saturated heterocycles. The van der Waals surface area contributed by atoms with Gasteiger partial charge < -0.3 is 4.74 Å². The lowest BCUT2D eigenvalue weighted by Gasteiger charge is -2.07. The van der Waals surface area contributed by atoms with Crippen LogP contribution in [0.3, 0.4) is 0 Å². The van der Waals surface area contributed by atoms with Gasteiger partial charge in [-0.1, -0.05) is 13.8 Å². The summed E-state index contributed by atoms with van der Waals surface area (Å²) in [6.07, 6.45) is 0. The van der Waals surface area contributed by atoms with E-state index in [2.05, 4.69) is 32.7 Å². The van der Waals surface area contributed by atoms with Crippen molar-refractivity contribution in [2.45, 2.75) is 27.7 Å². The summed E-state index contributed by atoms with van der Waals surface area (Å²) in [5.41, 5.74) is 2.33. The molecule has 11 heavy (non-hydrogen) atoms. The maximum Gasteiger partial charge on any atom is 0.179 e. The van der Waals surface area contributed by atoms with Gasteiger partial charge in [0.05, 0.1) is 5.71 Å². The van der Waals surface area contributed by atoms with Crippen molar-refractivity contribution in [1.82, 2.24) is 0 Å². The first-order valence-corrected chi connectivity index (χ1v) is 3.98. The first kappa shape index (κ1) is 8.31. The third kappa shape index (κ3) is 1.62. The van der Waals surface area contributed by atoms with E-state index in [0.717, 1.165) is 11.5 Å². The van der Waals surface area contributed by atoms with E-state index >= 15 is 0 Å². The summed E-state index contributed by atoms with van der Waals surface area (Å²) in [4.78, 5) is 4.27. The van der Waals surface area contributed by atoms with E-state index in [0.29, 0.717) is 12.6 Å². The zero-order valence-electron chi connectivity index (χ0n) is 7.64. The number of aliphatic imine (C=N–C) groups is 1. The number of allylic oxidation sites excluding steroid dienone is 2. The van der Waals surface area contributed by atoms with Gasteiger partial charge in [0.25, 0.3) is 0 Å². The Morgan fingerprint density at radius 3 is 2.45 bits per heavy atom. The van der Waals surface area contributed by atoms with E-state index in [1.807, 2.05) is 0 Å². The summed E-state index contributed by atoms with van der Waals surface area (Å²) in [5.74, 6) is 1.47. The number of ether oxygens (including phenoxy) is 1. The van der Waals surface area contributed by atoms with Crippen LogP contribution in [0.15, 0.2) is 16.3 Å². The van der Waals surface area contributed by atoms with E-state index in [-0.39, 0.29) is 0 Å². The molecule has 1 rings (SSSR count). The fourth-order valence-electron chi connectivity index (χ4n) is 1.16. The second-order valence-corrected chi connectivity index (χ2v) is 3.30. The minimum Gasteiger partial charge on any atom is -0.469 e. The van der Waals surface area contributed by atoms with Gasteiger partial charge in [-0.2, -0.15) is 0 Å². The van der Waals surface area contributed by atoms with Crippen molar-refractivity contribution in [2.75, 3.05) is 6.73 Å². The smallest absolute Gasteiger partial charge is 0.179 e. The minimum absolute atomic E-state index is 0.474. The molecule has 0 aromatic carbocycles. The highest BCUT2D eigenvalue weighted by Crippen LogP contribution is 2.19. The molecule has 0 fully saturated rings. The molecule has 1 aliphatic heterocycles. The van der Waals surface area contributed by atoms with Crippen LogP contribution >= 0.6 is 0 Å². The SMILES string of the molecule is CC(C)=C1OCN=C1C(C)C. The van der Waals surface area contributed by atoms with E-state index in [9.17, 15) is 0 Å². The van der Waals surface area contributed by atoms with E-state index in [1.54, 1.807) is 0 Å². The molecule has 0 aromatic heterocycles. The van der Waals surface area contributed by atoms with Crippen LogP contribution in [-0.2, 0) is 4.74 Å². The Bertz CT molecular complexity index is 210. The molecular formula is C9H15NO. The fraction of sp³-hybridized carbons (Fsp3) is 0.667. The summed E-state index contributed by atoms with van der Waals surface area (Å²) in [7, 11) is 0. The summed E-state index contributed by atoms with van der Waals surface area (Å²) in [6, 6.07) is 0. The maximum absolute atomic E-state index is 5.36. The average Bonchev–Trinajstić information content (AvgIpc) is 2.32. The highest BCUT2D eigenvalue weighted by atomic mass is 16.5. The lowest BCUT2D eigenvalue weighted by Crippen LogP contribution is -2.08. The molecule has 0 spiro atoms. The topological polar surface area (TPSA) is 21.6 Å². The molecule has 0 aromatic rings. The molecule has 2 heteroatoms. The minimum atomic E-state index is 0.474. The van der Waals surface area contributed by atoms with Crippen LogP contribution in [0.5, 0.6) is 0 Å². The van der Waals surface area contributed by atoms with Crippen LogP contribution in [0.4, 0.5) is 0 Å². The van der Waals surface area contributed by atoms with Crippen LogP contribution in [0, 0.1) is 5.92 Å². The van der Waals surface area contributed by atoms with Gasteiger partial charge in [0.2, 0.25) is 0 Å². The molecule has 0 bridgehead atoms. The van der Waals surface area contributed by atoms with Gasteiger partial charge in [-0.3, -0.25) is 0 Å². The van der Waals surface area contributed by atoms with Crippen LogP contribution in [-0.4, -0.2) is 12.4 Å². The summed E-state index contributed by atoms with van der Waals surface area (Å²) in [6.45, 7) is 8.89. The Kier molecular flexibility index (Phi) is 2.32. The predicted octanol–water partition coefficient (Wildman–Crippen LogP) is 2.37. The number of hydrogen-bond acceptors (Lipinski definition) is 2. The predicted molar refractivity (Wildman–Crippen MR) is 46.6 cm³/mol. The Morgan fingerprint density at radius 2 is 2.09 bits per heavy atom. The second kappa shape index (κ2) is 3.07. The van der Waals surface area contributed by atoms with Crippen LogP contribution in [0.1, 0.15) is 27.7 Å². The lowest BCUT2D eigenvalue weighted by atomic mass is 10.0. The Balaban J connectivity index is 2.88. The van der Waals surface area contributed by atoms with Gasteiger partial charge in [-0.05, 0) is 25.3 Å². The molecule has 0 saturated carbocycles. The molecule has 2 nitrogen and oxygen atoms in total. The first-order valence-electron chi connectivity index (χ1n) is 3.98. The van der Waals surface area contributed by atoms with Crippen molar-refractivity contribution in [3.8, 4) is 0 Å². The lowest BCUT2D eigenvalue weighted by molar-refractivity contribution is 0.257. The molecule has 62 valence electrons. The quantitative estimate of drug-likeness (QED) is 0.566. The molecular weight excluding hydrogens is 138 g/mol. The van der Waals surface area contributed by atoms with Gasteiger partial charge in [-0.15, -0.1) is 0 Å². The molecule has 0 radical (unpaired) electrons. The zero-order chi connectivity index (χ0) is 8.43. The Labute approximate surface area is 68.0 Å². The fourth-order valence-corrected chi connectivity index (χ4v) is 1.16. The Morgan fingerprint density at radius 1 is 1.45 bits per heavy atom. The molecule has 0 N–H and O–H groups in total. The van der Waals surface area contributed by atoms with Gasteiger partial charge in [0.15, 0.2) is 6.73 Å². The van der Waals surface area contributed by atoms with Crippen molar-refractivity contribution in [3.63, 3.8) is 0 Å². The normalized spacial score (nSPS) is 16.8. The number of hydrogen-bond donors (Lipinski definition) is 0. The average molecular weight is 153 g/mol. The van der Waals surface area contributed by atoms with Crippen molar-refractivity contribution in [1.29, 1.82) is 0 Å². The van der Waals surface area contributed by atoms with Crippen molar-refractivity contribution < 1.29 is 4.74 Å². The highest BCUT2D eigenvalue weighted by Gasteiger charge is 2.18. The first-order chi connectivity index (χ1) is 5.13. The molecule has 1 heterocycles. The summed E-state index contributed by atoms with van der Waals surface area (Å²) >= 11 is 0. The maximum atomic E-state index is 5.36. The monoisotopic (exact) mass is 153 g/mol. The zero-order valence-corrected chi connectivity index (χ0v) is 7.64. The molecule has 0 aliphatic carbocycles. The van der Waals surface area contributed by atoms with Crippen molar-refractivity contribution in [2.24, 2.45) is 10.9 Å². The summed E-state index contributed by atoms with van der Waals surface area (Å²) < 4.78 is 5.36. The molecule has 0 amide bonds. The van der Waals surface area contributed by atoms with E-state index in [4.69, 9.17) is 4.74 Å². The second-order valence-electron chi connectivity index (χ2n) is 3.30. The third-order valence-corrected chi connectivity index (χ3v) is 1.68. The third-order valence-electron chi connectivity index (χ3n) is 1.68. The molecule has 0 unspecified atom stereocenters. The number of rotatable bonds is 1. The van der Waals surface area contributed by atoms with Crippen molar-refractivity contribution >= 4 is 5.71 Å². The van der Waals surface area contributed by atoms with Crippen LogP contribution in [0.2, 0.25) is 0 Å². The van der Waals surface area contributed by atoms with Gasteiger partial charge in [0, 0.05) is 0 Å². The van der Waals surface area contributed by atoms with Crippen LogP contribution < -0.4 is 0 Å². The number of nitrogens with zero attached hydrogens (tertiary/aromatic N) is 1. The summed E-state index contributed by atoms with van der Waals surface area (Å²) in [5, 5.41) is 0. The van der Waals surface area contributed by atoms with Crippen LogP contribution in [0.25, 0.3) is 0 Å². The van der Waals surface area contributed by atoms with Crippen molar-refractivity contribution in [3.05, 3.63) is 11.3 Å². The van der Waals surface area contributed by atoms with Gasteiger partial charge in [-0.25, -0.2) is 4.99 Å².